The molecule has 0 amide bonds. The van der Waals surface area contributed by atoms with E-state index in [-0.39, 0.29) is 5.78 Å². The second-order valence-corrected chi connectivity index (χ2v) is 5.69. The van der Waals surface area contributed by atoms with E-state index in [0.717, 1.165) is 23.4 Å². The second kappa shape index (κ2) is 5.10. The molecule has 96 valence electrons. The molecule has 0 radical (unpaired) electrons. The van der Waals surface area contributed by atoms with Crippen molar-refractivity contribution in [2.45, 2.75) is 29.6 Å². The van der Waals surface area contributed by atoms with Crippen LogP contribution in [0.4, 0.5) is 11.4 Å². The lowest BCUT2D eigenvalue weighted by Crippen LogP contribution is -2.03. The first kappa shape index (κ1) is 12.3. The quantitative estimate of drug-likeness (QED) is 0.687. The van der Waals surface area contributed by atoms with Crippen LogP contribution in [0.15, 0.2) is 52.3 Å². The maximum Gasteiger partial charge on any atom is 0.162 e. The van der Waals surface area contributed by atoms with Crippen LogP contribution in [-0.2, 0) is 0 Å². The van der Waals surface area contributed by atoms with Crippen LogP contribution in [0.25, 0.3) is 0 Å². The fraction of sp³-hybridized carbons (Fsp3) is 0.188. The summed E-state index contributed by atoms with van der Waals surface area (Å²) in [6.45, 7) is 2.03. The summed E-state index contributed by atoms with van der Waals surface area (Å²) < 4.78 is 0. The molecule has 2 aromatic carbocycles. The Morgan fingerprint density at radius 3 is 2.74 bits per heavy atom. The van der Waals surface area contributed by atoms with Gasteiger partial charge in [-0.25, -0.2) is 0 Å². The Hall–Kier alpha value is -1.74. The van der Waals surface area contributed by atoms with Crippen molar-refractivity contribution in [1.82, 2.24) is 0 Å². The SMILES string of the molecule is CCCC(=O)c1ccc2c(c1)Nc1ccccc1S2. The number of ketones is 1. The monoisotopic (exact) mass is 269 g/mol. The molecule has 1 N–H and O–H groups in total. The van der Waals surface area contributed by atoms with E-state index < -0.39 is 0 Å². The first-order chi connectivity index (χ1) is 9.28. The van der Waals surface area contributed by atoms with Crippen LogP contribution < -0.4 is 5.32 Å². The molecule has 3 heteroatoms. The zero-order valence-corrected chi connectivity index (χ0v) is 11.6. The first-order valence-corrected chi connectivity index (χ1v) is 7.30. The Kier molecular flexibility index (Phi) is 3.30. The number of rotatable bonds is 3. The Bertz CT molecular complexity index is 636. The van der Waals surface area contributed by atoms with Gasteiger partial charge in [-0.3, -0.25) is 4.79 Å². The lowest BCUT2D eigenvalue weighted by molar-refractivity contribution is 0.0981. The number of carbonyl (C=O) groups excluding carboxylic acids is 1. The van der Waals surface area contributed by atoms with Gasteiger partial charge in [0.15, 0.2) is 5.78 Å². The topological polar surface area (TPSA) is 29.1 Å². The number of fused-ring (bicyclic) bond motifs is 2. The maximum absolute atomic E-state index is 11.9. The van der Waals surface area contributed by atoms with Gasteiger partial charge in [0.25, 0.3) is 0 Å². The zero-order valence-electron chi connectivity index (χ0n) is 10.8. The van der Waals surface area contributed by atoms with Crippen molar-refractivity contribution in [3.05, 3.63) is 48.0 Å². The average Bonchev–Trinajstić information content (AvgIpc) is 2.44. The molecule has 2 nitrogen and oxygen atoms in total. The number of Topliss-reactive ketones (excluding diaryl/α,β-unsaturated/α-hetero) is 1. The summed E-state index contributed by atoms with van der Waals surface area (Å²) in [6, 6.07) is 14.2. The molecule has 1 heterocycles. The van der Waals surface area contributed by atoms with E-state index >= 15 is 0 Å². The lowest BCUT2D eigenvalue weighted by atomic mass is 10.1. The summed E-state index contributed by atoms with van der Waals surface area (Å²) in [5, 5.41) is 3.40. The number of anilines is 2. The number of para-hydroxylation sites is 1. The molecule has 0 fully saturated rings. The van der Waals surface area contributed by atoms with Gasteiger partial charge in [0.05, 0.1) is 11.4 Å². The minimum absolute atomic E-state index is 0.218. The molecule has 0 spiro atoms. The Labute approximate surface area is 117 Å². The highest BCUT2D eigenvalue weighted by molar-refractivity contribution is 7.99. The van der Waals surface area contributed by atoms with Crippen molar-refractivity contribution < 1.29 is 4.79 Å². The van der Waals surface area contributed by atoms with Gasteiger partial charge in [0.2, 0.25) is 0 Å². The minimum Gasteiger partial charge on any atom is -0.354 e. The zero-order chi connectivity index (χ0) is 13.2. The summed E-state index contributed by atoms with van der Waals surface area (Å²) in [5.41, 5.74) is 2.94. The number of hydrogen-bond donors (Lipinski definition) is 1. The standard InChI is InChI=1S/C16H15NOS/c1-2-5-14(18)11-8-9-16-13(10-11)17-12-6-3-4-7-15(12)19-16/h3-4,6-10,17H,2,5H2,1H3. The number of carbonyl (C=O) groups is 1. The van der Waals surface area contributed by atoms with Gasteiger partial charge < -0.3 is 5.32 Å². The highest BCUT2D eigenvalue weighted by atomic mass is 32.2. The molecule has 0 bridgehead atoms. The second-order valence-electron chi connectivity index (χ2n) is 4.61. The number of benzene rings is 2. The van der Waals surface area contributed by atoms with Gasteiger partial charge in [-0.2, -0.15) is 0 Å². The van der Waals surface area contributed by atoms with E-state index in [1.54, 1.807) is 11.8 Å². The van der Waals surface area contributed by atoms with Gasteiger partial charge in [0, 0.05) is 21.8 Å². The molecular weight excluding hydrogens is 254 g/mol. The predicted molar refractivity (Wildman–Crippen MR) is 79.5 cm³/mol. The molecule has 1 aliphatic rings. The average molecular weight is 269 g/mol. The fourth-order valence-electron chi connectivity index (χ4n) is 2.18. The van der Waals surface area contributed by atoms with Crippen LogP contribution in [0.3, 0.4) is 0 Å². The van der Waals surface area contributed by atoms with Crippen LogP contribution in [-0.4, -0.2) is 5.78 Å². The van der Waals surface area contributed by atoms with Crippen LogP contribution in [0.5, 0.6) is 0 Å². The summed E-state index contributed by atoms with van der Waals surface area (Å²) in [5.74, 6) is 0.218. The van der Waals surface area contributed by atoms with Gasteiger partial charge in [-0.15, -0.1) is 0 Å². The van der Waals surface area contributed by atoms with E-state index in [1.165, 1.54) is 9.79 Å². The fourth-order valence-corrected chi connectivity index (χ4v) is 3.15. The van der Waals surface area contributed by atoms with Gasteiger partial charge in [-0.1, -0.05) is 36.9 Å². The Morgan fingerprint density at radius 2 is 1.89 bits per heavy atom. The van der Waals surface area contributed by atoms with Crippen molar-refractivity contribution in [2.75, 3.05) is 5.32 Å². The molecule has 3 rings (SSSR count). The largest absolute Gasteiger partial charge is 0.354 e. The van der Waals surface area contributed by atoms with Crippen molar-refractivity contribution in [2.24, 2.45) is 0 Å². The lowest BCUT2D eigenvalue weighted by Gasteiger charge is -2.21. The molecule has 0 aliphatic carbocycles. The van der Waals surface area contributed by atoms with Crippen molar-refractivity contribution >= 4 is 28.9 Å². The molecular formula is C16H15NOS. The van der Waals surface area contributed by atoms with Crippen molar-refractivity contribution in [1.29, 1.82) is 0 Å². The molecule has 0 unspecified atom stereocenters. The summed E-state index contributed by atoms with van der Waals surface area (Å²) in [4.78, 5) is 14.3. The third-order valence-corrected chi connectivity index (χ3v) is 4.31. The molecule has 0 atom stereocenters. The third kappa shape index (κ3) is 2.38. The first-order valence-electron chi connectivity index (χ1n) is 6.49. The highest BCUT2D eigenvalue weighted by Crippen LogP contribution is 2.44. The number of hydrogen-bond acceptors (Lipinski definition) is 3. The van der Waals surface area contributed by atoms with E-state index in [2.05, 4.69) is 17.4 Å². The minimum atomic E-state index is 0.218. The molecule has 0 saturated heterocycles. The smallest absolute Gasteiger partial charge is 0.162 e. The summed E-state index contributed by atoms with van der Waals surface area (Å²) in [7, 11) is 0. The Morgan fingerprint density at radius 1 is 1.11 bits per heavy atom. The predicted octanol–water partition coefficient (Wildman–Crippen LogP) is 4.88. The normalized spacial score (nSPS) is 12.3. The molecule has 1 aliphatic heterocycles. The van der Waals surface area contributed by atoms with E-state index in [0.29, 0.717) is 6.42 Å². The van der Waals surface area contributed by atoms with Crippen LogP contribution in [0, 0.1) is 0 Å². The molecule has 0 saturated carbocycles. The van der Waals surface area contributed by atoms with Crippen molar-refractivity contribution in [3.8, 4) is 0 Å². The Balaban J connectivity index is 1.94. The molecule has 2 aromatic rings. The van der Waals surface area contributed by atoms with Crippen LogP contribution in [0.2, 0.25) is 0 Å². The van der Waals surface area contributed by atoms with E-state index in [1.807, 2.05) is 37.3 Å². The molecule has 0 aromatic heterocycles. The molecule has 19 heavy (non-hydrogen) atoms. The van der Waals surface area contributed by atoms with Crippen LogP contribution >= 0.6 is 11.8 Å². The summed E-state index contributed by atoms with van der Waals surface area (Å²) >= 11 is 1.74. The van der Waals surface area contributed by atoms with E-state index in [9.17, 15) is 4.79 Å². The van der Waals surface area contributed by atoms with E-state index in [4.69, 9.17) is 0 Å². The van der Waals surface area contributed by atoms with Gasteiger partial charge in [0.1, 0.15) is 0 Å². The van der Waals surface area contributed by atoms with Gasteiger partial charge >= 0.3 is 0 Å². The summed E-state index contributed by atoms with van der Waals surface area (Å²) in [6.07, 6.45) is 1.50. The maximum atomic E-state index is 11.9. The number of nitrogens with one attached hydrogen (secondary N) is 1. The van der Waals surface area contributed by atoms with Gasteiger partial charge in [-0.05, 0) is 30.7 Å². The highest BCUT2D eigenvalue weighted by Gasteiger charge is 2.16. The third-order valence-electron chi connectivity index (χ3n) is 3.15. The van der Waals surface area contributed by atoms with Crippen LogP contribution in [0.1, 0.15) is 30.1 Å². The van der Waals surface area contributed by atoms with Crippen molar-refractivity contribution in [3.63, 3.8) is 0 Å².